The van der Waals surface area contributed by atoms with Crippen LogP contribution < -0.4 is 10.0 Å². The molecule has 1 aliphatic carbocycles. The third kappa shape index (κ3) is 3.62. The van der Waals surface area contributed by atoms with Crippen molar-refractivity contribution >= 4 is 17.6 Å². The van der Waals surface area contributed by atoms with Crippen LogP contribution in [0.5, 0.6) is 0 Å². The van der Waals surface area contributed by atoms with E-state index in [9.17, 15) is 4.39 Å². The summed E-state index contributed by atoms with van der Waals surface area (Å²) in [6.45, 7) is 1.04. The van der Waals surface area contributed by atoms with Gasteiger partial charge in [0.15, 0.2) is 0 Å². The average Bonchev–Trinajstić information content (AvgIpc) is 2.53. The highest BCUT2D eigenvalue weighted by molar-refractivity contribution is 8.00. The normalized spacial score (nSPS) is 17.1. The van der Waals surface area contributed by atoms with Gasteiger partial charge >= 0.3 is 0 Å². The van der Waals surface area contributed by atoms with Crippen molar-refractivity contribution in [1.82, 2.24) is 5.32 Å². The molecule has 0 bridgehead atoms. The minimum atomic E-state index is -0.202. The lowest BCUT2D eigenvalue weighted by Crippen LogP contribution is -2.21. The minimum absolute atomic E-state index is 0.202. The number of anilines is 1. The molecule has 0 aromatic heterocycles. The maximum absolute atomic E-state index is 13.2. The first-order valence-electron chi connectivity index (χ1n) is 7.72. The van der Waals surface area contributed by atoms with Crippen LogP contribution in [0.2, 0.25) is 0 Å². The van der Waals surface area contributed by atoms with E-state index in [0.717, 1.165) is 23.5 Å². The molecular weight excluding hydrogens is 295 g/mol. The molecule has 0 saturated carbocycles. The molecule has 2 nitrogen and oxygen atoms in total. The van der Waals surface area contributed by atoms with E-state index in [1.807, 2.05) is 13.1 Å². The Kier molecular flexibility index (Phi) is 5.01. The average molecular weight is 316 g/mol. The summed E-state index contributed by atoms with van der Waals surface area (Å²) >= 11 is 1.45. The highest BCUT2D eigenvalue weighted by Crippen LogP contribution is 2.33. The molecule has 2 aromatic rings. The molecule has 0 radical (unpaired) electrons. The number of aryl methyl sites for hydroxylation is 1. The van der Waals surface area contributed by atoms with Gasteiger partial charge in [-0.1, -0.05) is 12.1 Å². The quantitative estimate of drug-likeness (QED) is 0.789. The number of hydrogen-bond acceptors (Lipinski definition) is 3. The molecule has 0 amide bonds. The number of halogens is 1. The van der Waals surface area contributed by atoms with Crippen molar-refractivity contribution in [3.8, 4) is 0 Å². The van der Waals surface area contributed by atoms with Gasteiger partial charge in [-0.05, 0) is 85.6 Å². The fourth-order valence-electron chi connectivity index (χ4n) is 3.09. The minimum Gasteiger partial charge on any atom is -0.326 e. The smallest absolute Gasteiger partial charge is 0.124 e. The predicted octanol–water partition coefficient (Wildman–Crippen LogP) is 4.58. The molecule has 3 rings (SSSR count). The topological polar surface area (TPSA) is 24.1 Å². The molecular formula is C18H21FN2S. The molecule has 0 fully saturated rings. The summed E-state index contributed by atoms with van der Waals surface area (Å²) in [6.07, 6.45) is 3.66. The van der Waals surface area contributed by atoms with Crippen LogP contribution in [-0.4, -0.2) is 13.6 Å². The summed E-state index contributed by atoms with van der Waals surface area (Å²) in [5.41, 5.74) is 4.00. The molecule has 1 aliphatic rings. The Morgan fingerprint density at radius 1 is 1.23 bits per heavy atom. The van der Waals surface area contributed by atoms with Gasteiger partial charge in [0.1, 0.15) is 5.82 Å². The zero-order valence-electron chi connectivity index (χ0n) is 12.7. The lowest BCUT2D eigenvalue weighted by molar-refractivity contribution is 0.529. The molecule has 1 unspecified atom stereocenters. The molecule has 1 atom stereocenters. The molecule has 22 heavy (non-hydrogen) atoms. The van der Waals surface area contributed by atoms with Crippen LogP contribution in [0.15, 0.2) is 47.4 Å². The summed E-state index contributed by atoms with van der Waals surface area (Å²) in [7, 11) is 2.01. The number of benzene rings is 2. The standard InChI is InChI=1S/C18H21FN2S/c1-20-12-14-5-2-4-13-10-16(8-9-18(13)14)21-22-17-7-3-6-15(19)11-17/h3,6-11,14,20-21H,2,4-5,12H2,1H3. The lowest BCUT2D eigenvalue weighted by atomic mass is 9.82. The van der Waals surface area contributed by atoms with Crippen LogP contribution in [0.3, 0.4) is 0 Å². The molecule has 4 heteroatoms. The van der Waals surface area contributed by atoms with Gasteiger partial charge in [-0.2, -0.15) is 0 Å². The summed E-state index contributed by atoms with van der Waals surface area (Å²) in [6, 6.07) is 13.2. The lowest BCUT2D eigenvalue weighted by Gasteiger charge is -2.26. The number of nitrogens with one attached hydrogen (secondary N) is 2. The van der Waals surface area contributed by atoms with E-state index in [0.29, 0.717) is 5.92 Å². The summed E-state index contributed by atoms with van der Waals surface area (Å²) < 4.78 is 16.5. The Balaban J connectivity index is 1.71. The molecule has 0 aliphatic heterocycles. The van der Waals surface area contributed by atoms with Crippen molar-refractivity contribution in [3.63, 3.8) is 0 Å². The van der Waals surface area contributed by atoms with Gasteiger partial charge < -0.3 is 10.0 Å². The monoisotopic (exact) mass is 316 g/mol. The summed E-state index contributed by atoms with van der Waals surface area (Å²) in [4.78, 5) is 0.880. The maximum atomic E-state index is 13.2. The largest absolute Gasteiger partial charge is 0.326 e. The fourth-order valence-corrected chi connectivity index (χ4v) is 3.77. The van der Waals surface area contributed by atoms with Crippen LogP contribution in [0.4, 0.5) is 10.1 Å². The van der Waals surface area contributed by atoms with E-state index in [2.05, 4.69) is 28.2 Å². The first-order chi connectivity index (χ1) is 10.8. The van der Waals surface area contributed by atoms with E-state index in [-0.39, 0.29) is 5.82 Å². The second-order valence-electron chi connectivity index (χ2n) is 5.72. The zero-order valence-corrected chi connectivity index (χ0v) is 13.5. The van der Waals surface area contributed by atoms with Crippen molar-refractivity contribution in [1.29, 1.82) is 0 Å². The van der Waals surface area contributed by atoms with Gasteiger partial charge in [-0.3, -0.25) is 0 Å². The Hall–Kier alpha value is -1.52. The Bertz CT molecular complexity index is 645. The van der Waals surface area contributed by atoms with E-state index in [1.165, 1.54) is 42.0 Å². The zero-order chi connectivity index (χ0) is 15.4. The van der Waals surface area contributed by atoms with Crippen molar-refractivity contribution in [3.05, 3.63) is 59.4 Å². The van der Waals surface area contributed by atoms with Crippen LogP contribution >= 0.6 is 11.9 Å². The van der Waals surface area contributed by atoms with Gasteiger partial charge in [-0.15, -0.1) is 0 Å². The second-order valence-corrected chi connectivity index (χ2v) is 6.60. The van der Waals surface area contributed by atoms with E-state index < -0.39 is 0 Å². The van der Waals surface area contributed by atoms with Crippen LogP contribution in [0, 0.1) is 5.82 Å². The Morgan fingerprint density at radius 3 is 2.95 bits per heavy atom. The van der Waals surface area contributed by atoms with Crippen LogP contribution in [0.1, 0.15) is 29.9 Å². The molecule has 116 valence electrons. The Morgan fingerprint density at radius 2 is 2.14 bits per heavy atom. The highest BCUT2D eigenvalue weighted by atomic mass is 32.2. The molecule has 0 saturated heterocycles. The van der Waals surface area contributed by atoms with Crippen molar-refractivity contribution in [2.24, 2.45) is 0 Å². The van der Waals surface area contributed by atoms with Gasteiger partial charge in [-0.25, -0.2) is 4.39 Å². The van der Waals surface area contributed by atoms with Crippen LogP contribution in [0.25, 0.3) is 0 Å². The molecule has 2 aromatic carbocycles. The molecule has 0 heterocycles. The Labute approximate surface area is 135 Å². The third-order valence-corrected chi connectivity index (χ3v) is 4.94. The fraction of sp³-hybridized carbons (Fsp3) is 0.333. The molecule has 2 N–H and O–H groups in total. The van der Waals surface area contributed by atoms with Gasteiger partial charge in [0.2, 0.25) is 0 Å². The second kappa shape index (κ2) is 7.16. The third-order valence-electron chi connectivity index (χ3n) is 4.11. The summed E-state index contributed by atoms with van der Waals surface area (Å²) in [5.74, 6) is 0.422. The van der Waals surface area contributed by atoms with Crippen molar-refractivity contribution in [2.75, 3.05) is 18.3 Å². The van der Waals surface area contributed by atoms with Crippen molar-refractivity contribution < 1.29 is 4.39 Å². The maximum Gasteiger partial charge on any atom is 0.124 e. The van der Waals surface area contributed by atoms with E-state index in [4.69, 9.17) is 0 Å². The highest BCUT2D eigenvalue weighted by Gasteiger charge is 2.19. The van der Waals surface area contributed by atoms with Crippen LogP contribution in [-0.2, 0) is 6.42 Å². The number of rotatable bonds is 5. The SMILES string of the molecule is CNCC1CCCc2cc(NSc3cccc(F)c3)ccc21. The first-order valence-corrected chi connectivity index (χ1v) is 8.54. The van der Waals surface area contributed by atoms with Crippen molar-refractivity contribution in [2.45, 2.75) is 30.1 Å². The van der Waals surface area contributed by atoms with Gasteiger partial charge in [0.05, 0.1) is 0 Å². The summed E-state index contributed by atoms with van der Waals surface area (Å²) in [5, 5.41) is 3.29. The first kappa shape index (κ1) is 15.4. The van der Waals surface area contributed by atoms with Gasteiger partial charge in [0.25, 0.3) is 0 Å². The number of fused-ring (bicyclic) bond motifs is 1. The number of likely N-dealkylation sites (N-methyl/N-ethyl adjacent to an activating group) is 1. The number of hydrogen-bond donors (Lipinski definition) is 2. The van der Waals surface area contributed by atoms with E-state index >= 15 is 0 Å². The molecule has 0 spiro atoms. The predicted molar refractivity (Wildman–Crippen MR) is 91.9 cm³/mol. The van der Waals surface area contributed by atoms with Gasteiger partial charge in [0, 0.05) is 17.1 Å². The van der Waals surface area contributed by atoms with E-state index in [1.54, 1.807) is 12.1 Å².